The van der Waals surface area contributed by atoms with Crippen molar-refractivity contribution in [3.63, 3.8) is 0 Å². The molecule has 2 aromatic rings. The summed E-state index contributed by atoms with van der Waals surface area (Å²) in [5, 5.41) is 0. The van der Waals surface area contributed by atoms with Crippen molar-refractivity contribution in [1.82, 2.24) is 4.98 Å². The molecule has 0 spiro atoms. The minimum Gasteiger partial charge on any atom is -0.361 e. The fourth-order valence-electron chi connectivity index (χ4n) is 1.44. The van der Waals surface area contributed by atoms with E-state index < -0.39 is 0 Å². The van der Waals surface area contributed by atoms with E-state index in [0.29, 0.717) is 11.3 Å². The molecule has 0 radical (unpaired) electrons. The molecule has 17 heavy (non-hydrogen) atoms. The molecule has 4 nitrogen and oxygen atoms in total. The van der Waals surface area contributed by atoms with Gasteiger partial charge in [-0.15, -0.1) is 0 Å². The van der Waals surface area contributed by atoms with E-state index in [2.05, 4.69) is 9.77 Å². The lowest BCUT2D eigenvalue weighted by atomic mass is 10.0. The largest absolute Gasteiger partial charge is 0.387 e. The summed E-state index contributed by atoms with van der Waals surface area (Å²) in [6.07, 6.45) is 1.54. The molecule has 0 aliphatic rings. The molecule has 2 rings (SSSR count). The Kier molecular flexibility index (Phi) is 3.19. The maximum atomic E-state index is 12.0. The summed E-state index contributed by atoms with van der Waals surface area (Å²) in [5.41, 5.74) is 9.69. The van der Waals surface area contributed by atoms with E-state index >= 15 is 0 Å². The van der Waals surface area contributed by atoms with E-state index in [1.54, 1.807) is 48.7 Å². The third-order valence-electron chi connectivity index (χ3n) is 2.26. The van der Waals surface area contributed by atoms with Crippen LogP contribution in [0.25, 0.3) is 5.53 Å². The summed E-state index contributed by atoms with van der Waals surface area (Å²) in [6.45, 7) is 0. The van der Waals surface area contributed by atoms with Crippen LogP contribution in [0.3, 0.4) is 0 Å². The van der Waals surface area contributed by atoms with Gasteiger partial charge in [0.2, 0.25) is 0 Å². The van der Waals surface area contributed by atoms with Gasteiger partial charge in [-0.05, 0) is 12.1 Å². The molecule has 0 atom stereocenters. The molecular formula is C13H9N3O. The number of nitrogens with zero attached hydrogens (tertiary/aromatic N) is 3. The quantitative estimate of drug-likeness (QED) is 0.345. The predicted molar refractivity (Wildman–Crippen MR) is 62.7 cm³/mol. The molecule has 0 saturated carbocycles. The summed E-state index contributed by atoms with van der Waals surface area (Å²) < 4.78 is 0. The summed E-state index contributed by atoms with van der Waals surface area (Å²) in [4.78, 5) is 19.1. The van der Waals surface area contributed by atoms with E-state index in [0.717, 1.165) is 0 Å². The maximum Gasteiger partial charge on any atom is 0.387 e. The normalized spacial score (nSPS) is 9.41. The highest BCUT2D eigenvalue weighted by Crippen LogP contribution is 2.05. The van der Waals surface area contributed by atoms with E-state index in [-0.39, 0.29) is 11.5 Å². The first-order valence-electron chi connectivity index (χ1n) is 5.06. The molecule has 4 heteroatoms. The van der Waals surface area contributed by atoms with E-state index in [1.807, 2.05) is 6.07 Å². The van der Waals surface area contributed by atoms with Gasteiger partial charge >= 0.3 is 5.71 Å². The SMILES string of the molecule is [N-]=[N+]=C(C(=O)c1ccccc1)c1ccccn1. The number of aromatic nitrogens is 1. The molecule has 1 aromatic heterocycles. The number of rotatable bonds is 3. The highest BCUT2D eigenvalue weighted by Gasteiger charge is 2.24. The Morgan fingerprint density at radius 1 is 1.06 bits per heavy atom. The van der Waals surface area contributed by atoms with Crippen LogP contribution in [0.4, 0.5) is 0 Å². The van der Waals surface area contributed by atoms with Crippen LogP contribution in [0.1, 0.15) is 16.1 Å². The van der Waals surface area contributed by atoms with E-state index in [4.69, 9.17) is 5.53 Å². The van der Waals surface area contributed by atoms with Crippen molar-refractivity contribution < 1.29 is 9.58 Å². The molecule has 0 N–H and O–H groups in total. The van der Waals surface area contributed by atoms with Crippen LogP contribution in [0.5, 0.6) is 0 Å². The lowest BCUT2D eigenvalue weighted by Gasteiger charge is -1.96. The number of hydrogen-bond acceptors (Lipinski definition) is 2. The minimum atomic E-state index is -0.355. The van der Waals surface area contributed by atoms with Crippen LogP contribution in [0, 0.1) is 0 Å². The van der Waals surface area contributed by atoms with Crippen LogP contribution < -0.4 is 0 Å². The van der Waals surface area contributed by atoms with Crippen molar-refractivity contribution in [2.24, 2.45) is 0 Å². The second-order valence-corrected chi connectivity index (χ2v) is 3.36. The number of hydrogen-bond donors (Lipinski definition) is 0. The topological polar surface area (TPSA) is 66.4 Å². The van der Waals surface area contributed by atoms with Gasteiger partial charge in [-0.25, -0.2) is 4.98 Å². The maximum absolute atomic E-state index is 12.0. The molecule has 0 fully saturated rings. The van der Waals surface area contributed by atoms with Crippen LogP contribution in [-0.4, -0.2) is 21.3 Å². The van der Waals surface area contributed by atoms with Crippen LogP contribution >= 0.6 is 0 Å². The number of carbonyl (C=O) groups excluding carboxylic acids is 1. The Balaban J connectivity index is 2.40. The van der Waals surface area contributed by atoms with Gasteiger partial charge < -0.3 is 5.53 Å². The van der Waals surface area contributed by atoms with Crippen molar-refractivity contribution in [2.45, 2.75) is 0 Å². The second-order valence-electron chi connectivity index (χ2n) is 3.36. The van der Waals surface area contributed by atoms with Crippen molar-refractivity contribution in [2.75, 3.05) is 0 Å². The second kappa shape index (κ2) is 4.96. The van der Waals surface area contributed by atoms with Gasteiger partial charge in [-0.1, -0.05) is 36.4 Å². The summed E-state index contributed by atoms with van der Waals surface area (Å²) in [7, 11) is 0. The van der Waals surface area contributed by atoms with Gasteiger partial charge in [0.25, 0.3) is 5.78 Å². The first kappa shape index (κ1) is 10.9. The Morgan fingerprint density at radius 2 is 1.76 bits per heavy atom. The molecule has 0 aliphatic heterocycles. The monoisotopic (exact) mass is 223 g/mol. The van der Waals surface area contributed by atoms with Gasteiger partial charge in [0, 0.05) is 11.8 Å². The van der Waals surface area contributed by atoms with Crippen molar-refractivity contribution >= 4 is 11.5 Å². The first-order valence-corrected chi connectivity index (χ1v) is 5.06. The van der Waals surface area contributed by atoms with Crippen LogP contribution in [-0.2, 0) is 0 Å². The number of Topliss-reactive ketones (excluding diaryl/α,β-unsaturated/α-hetero) is 1. The highest BCUT2D eigenvalue weighted by atomic mass is 16.1. The molecule has 0 bridgehead atoms. The Bertz CT molecular complexity index is 572. The standard InChI is InChI=1S/C13H9N3O/c14-16-12(11-8-4-5-9-15-11)13(17)10-6-2-1-3-7-10/h1-9H. The zero-order valence-electron chi connectivity index (χ0n) is 8.95. The third kappa shape index (κ3) is 2.33. The first-order chi connectivity index (χ1) is 8.33. The van der Waals surface area contributed by atoms with Gasteiger partial charge in [-0.2, -0.15) is 4.79 Å². The average molecular weight is 223 g/mol. The minimum absolute atomic E-state index is 0.0585. The lowest BCUT2D eigenvalue weighted by Crippen LogP contribution is -2.18. The molecule has 0 saturated heterocycles. The van der Waals surface area contributed by atoms with E-state index in [1.165, 1.54) is 0 Å². The smallest absolute Gasteiger partial charge is 0.361 e. The van der Waals surface area contributed by atoms with Crippen LogP contribution in [0.2, 0.25) is 0 Å². The number of benzene rings is 1. The fraction of sp³-hybridized carbons (Fsp3) is 0. The zero-order valence-corrected chi connectivity index (χ0v) is 8.95. The summed E-state index contributed by atoms with van der Waals surface area (Å²) in [5.74, 6) is -0.355. The Morgan fingerprint density at radius 3 is 2.35 bits per heavy atom. The molecule has 1 heterocycles. The van der Waals surface area contributed by atoms with Gasteiger partial charge in [-0.3, -0.25) is 4.79 Å². The number of pyridine rings is 1. The molecule has 82 valence electrons. The highest BCUT2D eigenvalue weighted by molar-refractivity contribution is 6.48. The average Bonchev–Trinajstić information content (AvgIpc) is 2.42. The van der Waals surface area contributed by atoms with Gasteiger partial charge in [0.15, 0.2) is 5.69 Å². The molecule has 0 aliphatic carbocycles. The van der Waals surface area contributed by atoms with Crippen molar-refractivity contribution in [3.05, 3.63) is 71.5 Å². The van der Waals surface area contributed by atoms with Crippen molar-refractivity contribution in [3.8, 4) is 0 Å². The van der Waals surface area contributed by atoms with Crippen molar-refractivity contribution in [1.29, 1.82) is 0 Å². The predicted octanol–water partition coefficient (Wildman–Crippen LogP) is 1.98. The molecule has 0 unspecified atom stereocenters. The molecule has 0 amide bonds. The van der Waals surface area contributed by atoms with E-state index in [9.17, 15) is 4.79 Å². The van der Waals surface area contributed by atoms with Crippen LogP contribution in [0.15, 0.2) is 54.7 Å². The number of ketones is 1. The number of carbonyl (C=O) groups is 1. The summed E-state index contributed by atoms with van der Waals surface area (Å²) in [6, 6.07) is 13.7. The molecule has 1 aromatic carbocycles. The Hall–Kier alpha value is -2.58. The lowest BCUT2D eigenvalue weighted by molar-refractivity contribution is -0.00530. The fourth-order valence-corrected chi connectivity index (χ4v) is 1.44. The Labute approximate surface area is 98.2 Å². The van der Waals surface area contributed by atoms with Gasteiger partial charge in [0.1, 0.15) is 0 Å². The zero-order chi connectivity index (χ0) is 12.1. The molecular weight excluding hydrogens is 214 g/mol. The third-order valence-corrected chi connectivity index (χ3v) is 2.26. The summed E-state index contributed by atoms with van der Waals surface area (Å²) >= 11 is 0. The van der Waals surface area contributed by atoms with Gasteiger partial charge in [0.05, 0.1) is 0 Å².